The molecule has 0 aliphatic carbocycles. The first-order valence-corrected chi connectivity index (χ1v) is 5.53. The van der Waals surface area contributed by atoms with Crippen molar-refractivity contribution in [3.05, 3.63) is 29.8 Å². The maximum absolute atomic E-state index is 11.2. The molecule has 1 aromatic carbocycles. The summed E-state index contributed by atoms with van der Waals surface area (Å²) < 4.78 is 21.8. The molecular formula is C9H8N2O3S. The fourth-order valence-electron chi connectivity index (χ4n) is 1.00. The minimum atomic E-state index is -3.73. The highest BCUT2D eigenvalue weighted by Gasteiger charge is 2.09. The van der Waals surface area contributed by atoms with Crippen LogP contribution in [0.2, 0.25) is 0 Å². The number of ketones is 1. The van der Waals surface area contributed by atoms with Crippen LogP contribution in [0, 0.1) is 11.3 Å². The molecule has 0 aliphatic heterocycles. The second kappa shape index (κ2) is 4.21. The van der Waals surface area contributed by atoms with Gasteiger partial charge >= 0.3 is 0 Å². The van der Waals surface area contributed by atoms with Gasteiger partial charge in [0.25, 0.3) is 0 Å². The van der Waals surface area contributed by atoms with Gasteiger partial charge in [-0.3, -0.25) is 4.79 Å². The van der Waals surface area contributed by atoms with Crippen molar-refractivity contribution >= 4 is 15.8 Å². The van der Waals surface area contributed by atoms with Gasteiger partial charge in [0.2, 0.25) is 10.0 Å². The van der Waals surface area contributed by atoms with E-state index in [9.17, 15) is 13.2 Å². The Morgan fingerprint density at radius 1 is 1.33 bits per heavy atom. The molecule has 1 aromatic rings. The van der Waals surface area contributed by atoms with Gasteiger partial charge in [0, 0.05) is 5.56 Å². The van der Waals surface area contributed by atoms with Crippen LogP contribution in [0.1, 0.15) is 16.8 Å². The molecule has 0 heterocycles. The summed E-state index contributed by atoms with van der Waals surface area (Å²) in [6, 6.07) is 6.86. The lowest BCUT2D eigenvalue weighted by molar-refractivity contribution is 0.0997. The molecule has 0 aliphatic rings. The first-order chi connectivity index (χ1) is 6.95. The van der Waals surface area contributed by atoms with E-state index in [-0.39, 0.29) is 17.1 Å². The van der Waals surface area contributed by atoms with Gasteiger partial charge in [-0.1, -0.05) is 12.1 Å². The number of primary sulfonamides is 1. The van der Waals surface area contributed by atoms with E-state index in [0.717, 1.165) is 0 Å². The second-order valence-corrected chi connectivity index (χ2v) is 4.39. The lowest BCUT2D eigenvalue weighted by Crippen LogP contribution is -2.12. The molecule has 0 fully saturated rings. The van der Waals surface area contributed by atoms with Crippen LogP contribution in [-0.2, 0) is 10.0 Å². The first kappa shape index (κ1) is 11.4. The number of carbonyl (C=O) groups is 1. The predicted molar refractivity (Wildman–Crippen MR) is 52.4 cm³/mol. The van der Waals surface area contributed by atoms with E-state index in [1.54, 1.807) is 6.07 Å². The molecule has 15 heavy (non-hydrogen) atoms. The average Bonchev–Trinajstić information content (AvgIpc) is 2.17. The van der Waals surface area contributed by atoms with E-state index < -0.39 is 10.0 Å². The molecular weight excluding hydrogens is 216 g/mol. The molecule has 1 rings (SSSR count). The zero-order valence-corrected chi connectivity index (χ0v) is 8.49. The lowest BCUT2D eigenvalue weighted by Gasteiger charge is -1.99. The number of sulfonamides is 1. The Bertz CT molecular complexity index is 511. The quantitative estimate of drug-likeness (QED) is 0.752. The molecule has 0 spiro atoms. The number of rotatable bonds is 3. The average molecular weight is 224 g/mol. The Kier molecular flexibility index (Phi) is 3.19. The molecule has 0 atom stereocenters. The van der Waals surface area contributed by atoms with E-state index >= 15 is 0 Å². The molecule has 2 N–H and O–H groups in total. The summed E-state index contributed by atoms with van der Waals surface area (Å²) in [6.45, 7) is 0. The van der Waals surface area contributed by atoms with Gasteiger partial charge in [-0.2, -0.15) is 5.26 Å². The van der Waals surface area contributed by atoms with Crippen LogP contribution < -0.4 is 5.14 Å². The van der Waals surface area contributed by atoms with Crippen LogP contribution in [0.3, 0.4) is 0 Å². The standard InChI is InChI=1S/C9H8N2O3S/c10-6-5-9(12)7-1-3-8(4-2-7)15(11,13)14/h1-4H,5H2,(H2,11,13,14). The van der Waals surface area contributed by atoms with Gasteiger partial charge in [0.15, 0.2) is 5.78 Å². The summed E-state index contributed by atoms with van der Waals surface area (Å²) in [6.07, 6.45) is -0.227. The molecule has 0 aromatic heterocycles. The van der Waals surface area contributed by atoms with Gasteiger partial charge in [0.05, 0.1) is 17.4 Å². The highest BCUT2D eigenvalue weighted by molar-refractivity contribution is 7.89. The fourth-order valence-corrected chi connectivity index (χ4v) is 1.52. The first-order valence-electron chi connectivity index (χ1n) is 3.98. The maximum atomic E-state index is 11.2. The maximum Gasteiger partial charge on any atom is 0.238 e. The van der Waals surface area contributed by atoms with Gasteiger partial charge in [0.1, 0.15) is 0 Å². The zero-order valence-electron chi connectivity index (χ0n) is 7.67. The Labute approximate surface area is 87.2 Å². The van der Waals surface area contributed by atoms with Gasteiger partial charge in [-0.25, -0.2) is 13.6 Å². The van der Waals surface area contributed by atoms with Crippen molar-refractivity contribution in [2.75, 3.05) is 0 Å². The number of Topliss-reactive ketones (excluding diaryl/α,β-unsaturated/α-hetero) is 1. The largest absolute Gasteiger partial charge is 0.293 e. The topological polar surface area (TPSA) is 101 Å². The van der Waals surface area contributed by atoms with Crippen LogP contribution in [-0.4, -0.2) is 14.2 Å². The molecule has 0 radical (unpaired) electrons. The molecule has 0 saturated carbocycles. The molecule has 0 unspecified atom stereocenters. The third-order valence-corrected chi connectivity index (χ3v) is 2.67. The van der Waals surface area contributed by atoms with Gasteiger partial charge in [-0.15, -0.1) is 0 Å². The number of carbonyl (C=O) groups excluding carboxylic acids is 1. The fraction of sp³-hybridized carbons (Fsp3) is 0.111. The number of hydrogen-bond acceptors (Lipinski definition) is 4. The van der Waals surface area contributed by atoms with E-state index in [2.05, 4.69) is 0 Å². The number of nitriles is 1. The van der Waals surface area contributed by atoms with Crippen LogP contribution >= 0.6 is 0 Å². The minimum absolute atomic E-state index is 0.0593. The number of hydrogen-bond donors (Lipinski definition) is 1. The van der Waals surface area contributed by atoms with E-state index in [4.69, 9.17) is 10.4 Å². The summed E-state index contributed by atoms with van der Waals surface area (Å²) in [7, 11) is -3.73. The van der Waals surface area contributed by atoms with E-state index in [1.807, 2.05) is 0 Å². The van der Waals surface area contributed by atoms with Crippen LogP contribution in [0.25, 0.3) is 0 Å². The van der Waals surface area contributed by atoms with Crippen molar-refractivity contribution in [3.63, 3.8) is 0 Å². The van der Waals surface area contributed by atoms with Crippen molar-refractivity contribution in [1.82, 2.24) is 0 Å². The Morgan fingerprint density at radius 3 is 2.27 bits per heavy atom. The Balaban J connectivity index is 3.02. The lowest BCUT2D eigenvalue weighted by atomic mass is 10.1. The molecule has 0 amide bonds. The third kappa shape index (κ3) is 2.87. The smallest absolute Gasteiger partial charge is 0.238 e. The number of nitrogens with two attached hydrogens (primary N) is 1. The zero-order chi connectivity index (χ0) is 11.5. The van der Waals surface area contributed by atoms with Crippen molar-refractivity contribution in [2.24, 2.45) is 5.14 Å². The molecule has 5 nitrogen and oxygen atoms in total. The molecule has 6 heteroatoms. The minimum Gasteiger partial charge on any atom is -0.293 e. The van der Waals surface area contributed by atoms with Crippen molar-refractivity contribution < 1.29 is 13.2 Å². The van der Waals surface area contributed by atoms with Crippen molar-refractivity contribution in [3.8, 4) is 6.07 Å². The monoisotopic (exact) mass is 224 g/mol. The summed E-state index contributed by atoms with van der Waals surface area (Å²) in [4.78, 5) is 11.1. The molecule has 0 saturated heterocycles. The summed E-state index contributed by atoms with van der Waals surface area (Å²) >= 11 is 0. The summed E-state index contributed by atoms with van der Waals surface area (Å²) in [5.74, 6) is -0.349. The SMILES string of the molecule is N#CCC(=O)c1ccc(S(N)(=O)=O)cc1. The number of benzene rings is 1. The van der Waals surface area contributed by atoms with Crippen LogP contribution in [0.15, 0.2) is 29.2 Å². The van der Waals surface area contributed by atoms with E-state index in [1.165, 1.54) is 24.3 Å². The van der Waals surface area contributed by atoms with Crippen molar-refractivity contribution in [1.29, 1.82) is 5.26 Å². The Hall–Kier alpha value is -1.71. The van der Waals surface area contributed by atoms with Gasteiger partial charge in [-0.05, 0) is 12.1 Å². The normalized spacial score (nSPS) is 10.7. The molecule has 78 valence electrons. The summed E-state index contributed by atoms with van der Waals surface area (Å²) in [5.41, 5.74) is 0.295. The van der Waals surface area contributed by atoms with Crippen molar-refractivity contribution in [2.45, 2.75) is 11.3 Å². The number of nitrogens with zero attached hydrogens (tertiary/aromatic N) is 1. The second-order valence-electron chi connectivity index (χ2n) is 2.83. The Morgan fingerprint density at radius 2 is 1.87 bits per heavy atom. The van der Waals surface area contributed by atoms with Gasteiger partial charge < -0.3 is 0 Å². The third-order valence-electron chi connectivity index (χ3n) is 1.74. The molecule has 0 bridgehead atoms. The summed E-state index contributed by atoms with van der Waals surface area (Å²) in [5, 5.41) is 13.2. The van der Waals surface area contributed by atoms with E-state index in [0.29, 0.717) is 5.56 Å². The highest BCUT2D eigenvalue weighted by atomic mass is 32.2. The predicted octanol–water partition coefficient (Wildman–Crippen LogP) is 0.430. The highest BCUT2D eigenvalue weighted by Crippen LogP contribution is 2.10. The van der Waals surface area contributed by atoms with Crippen LogP contribution in [0.4, 0.5) is 0 Å². The van der Waals surface area contributed by atoms with Crippen LogP contribution in [0.5, 0.6) is 0 Å².